The number of halogens is 1. The molecule has 0 aliphatic heterocycles. The van der Waals surface area contributed by atoms with Crippen LogP contribution in [-0.2, 0) is 4.79 Å². The van der Waals surface area contributed by atoms with Crippen LogP contribution in [0.2, 0.25) is 5.02 Å². The fourth-order valence-corrected chi connectivity index (χ4v) is 3.18. The van der Waals surface area contributed by atoms with Crippen LogP contribution in [0.3, 0.4) is 0 Å². The van der Waals surface area contributed by atoms with Crippen LogP contribution < -0.4 is 25.0 Å². The molecular formula is C27H26ClN3O6. The minimum atomic E-state index is -0.543. The zero-order valence-electron chi connectivity index (χ0n) is 20.3. The molecule has 10 heteroatoms. The molecule has 37 heavy (non-hydrogen) atoms. The van der Waals surface area contributed by atoms with Gasteiger partial charge in [0.05, 0.1) is 31.5 Å². The van der Waals surface area contributed by atoms with Crippen molar-refractivity contribution in [3.63, 3.8) is 0 Å². The molecule has 0 bridgehead atoms. The highest BCUT2D eigenvalue weighted by Gasteiger charge is 2.14. The number of hydrogen-bond donors (Lipinski definition) is 2. The molecule has 192 valence electrons. The Morgan fingerprint density at radius 1 is 0.865 bits per heavy atom. The van der Waals surface area contributed by atoms with E-state index in [1.54, 1.807) is 73.7 Å². The minimum absolute atomic E-state index is 0.242. The van der Waals surface area contributed by atoms with Crippen molar-refractivity contribution < 1.29 is 28.6 Å². The fourth-order valence-electron chi connectivity index (χ4n) is 3.05. The van der Waals surface area contributed by atoms with Crippen molar-refractivity contribution in [3.8, 4) is 17.2 Å². The molecule has 0 radical (unpaired) electrons. The van der Waals surface area contributed by atoms with E-state index in [9.17, 15) is 14.4 Å². The van der Waals surface area contributed by atoms with Crippen LogP contribution in [0.15, 0.2) is 71.8 Å². The van der Waals surface area contributed by atoms with Gasteiger partial charge >= 0.3 is 5.97 Å². The number of carbonyl (C=O) groups is 3. The number of esters is 1. The Labute approximate surface area is 219 Å². The Hall–Kier alpha value is -4.37. The van der Waals surface area contributed by atoms with Gasteiger partial charge in [0.1, 0.15) is 5.75 Å². The summed E-state index contributed by atoms with van der Waals surface area (Å²) in [6.07, 6.45) is 1.40. The van der Waals surface area contributed by atoms with Gasteiger partial charge in [-0.3, -0.25) is 9.59 Å². The third kappa shape index (κ3) is 8.36. The Morgan fingerprint density at radius 2 is 1.54 bits per heavy atom. The highest BCUT2D eigenvalue weighted by Crippen LogP contribution is 2.29. The van der Waals surface area contributed by atoms with Gasteiger partial charge in [0.15, 0.2) is 11.5 Å². The van der Waals surface area contributed by atoms with Gasteiger partial charge in [-0.15, -0.1) is 0 Å². The van der Waals surface area contributed by atoms with Crippen molar-refractivity contribution in [3.05, 3.63) is 88.4 Å². The van der Waals surface area contributed by atoms with Crippen molar-refractivity contribution >= 4 is 35.6 Å². The molecular weight excluding hydrogens is 498 g/mol. The topological polar surface area (TPSA) is 115 Å². The molecule has 0 saturated carbocycles. The Bertz CT molecular complexity index is 1260. The first-order valence-electron chi connectivity index (χ1n) is 11.5. The Morgan fingerprint density at radius 3 is 2.22 bits per heavy atom. The van der Waals surface area contributed by atoms with E-state index in [1.807, 2.05) is 6.92 Å². The van der Waals surface area contributed by atoms with E-state index in [2.05, 4.69) is 15.8 Å². The SMILES string of the molecule is CCOc1ccc(C(=O)Oc2ccc(C=NNC(=O)CNC(=O)c3ccc(Cl)cc3)cc2OCC)cc1. The molecule has 0 atom stereocenters. The standard InChI is InChI=1S/C27H26ClN3O6/c1-3-35-22-12-8-20(9-13-22)27(34)37-23-14-5-18(15-24(23)36-4-2)16-30-31-25(32)17-29-26(33)19-6-10-21(28)11-7-19/h5-16H,3-4,17H2,1-2H3,(H,29,33)(H,31,32). The summed E-state index contributed by atoms with van der Waals surface area (Å²) in [6.45, 7) is 4.30. The van der Waals surface area contributed by atoms with Crippen LogP contribution in [-0.4, -0.2) is 43.8 Å². The molecule has 0 aromatic heterocycles. The van der Waals surface area contributed by atoms with Crippen molar-refractivity contribution in [2.45, 2.75) is 13.8 Å². The third-order valence-corrected chi connectivity index (χ3v) is 5.04. The van der Waals surface area contributed by atoms with Gasteiger partial charge in [-0.2, -0.15) is 5.10 Å². The molecule has 2 N–H and O–H groups in total. The van der Waals surface area contributed by atoms with Crippen LogP contribution in [0, 0.1) is 0 Å². The molecule has 0 aliphatic carbocycles. The quantitative estimate of drug-likeness (QED) is 0.168. The van der Waals surface area contributed by atoms with Gasteiger partial charge < -0.3 is 19.5 Å². The summed E-state index contributed by atoms with van der Waals surface area (Å²) < 4.78 is 16.5. The number of carbonyl (C=O) groups excluding carboxylic acids is 3. The van der Waals surface area contributed by atoms with E-state index in [0.717, 1.165) is 0 Å². The molecule has 3 rings (SSSR count). The van der Waals surface area contributed by atoms with E-state index in [0.29, 0.717) is 46.4 Å². The van der Waals surface area contributed by atoms with E-state index in [1.165, 1.54) is 6.21 Å². The predicted octanol–water partition coefficient (Wildman–Crippen LogP) is 4.24. The first-order valence-corrected chi connectivity index (χ1v) is 11.8. The summed E-state index contributed by atoms with van der Waals surface area (Å²) in [5.41, 5.74) is 3.68. The van der Waals surface area contributed by atoms with Crippen LogP contribution >= 0.6 is 11.6 Å². The summed E-state index contributed by atoms with van der Waals surface area (Å²) in [4.78, 5) is 36.6. The minimum Gasteiger partial charge on any atom is -0.494 e. The van der Waals surface area contributed by atoms with Gasteiger partial charge in [0.25, 0.3) is 11.8 Å². The largest absolute Gasteiger partial charge is 0.494 e. The molecule has 3 aromatic rings. The Kier molecular flexibility index (Phi) is 10.0. The molecule has 0 unspecified atom stereocenters. The highest BCUT2D eigenvalue weighted by molar-refractivity contribution is 6.30. The number of ether oxygens (including phenoxy) is 3. The van der Waals surface area contributed by atoms with Crippen molar-refractivity contribution in [1.29, 1.82) is 0 Å². The lowest BCUT2D eigenvalue weighted by Gasteiger charge is -2.11. The van der Waals surface area contributed by atoms with Gasteiger partial charge in [0.2, 0.25) is 0 Å². The van der Waals surface area contributed by atoms with Gasteiger partial charge in [-0.1, -0.05) is 11.6 Å². The molecule has 0 saturated heterocycles. The maximum Gasteiger partial charge on any atom is 0.343 e. The Balaban J connectivity index is 1.56. The first-order chi connectivity index (χ1) is 17.9. The van der Waals surface area contributed by atoms with E-state index >= 15 is 0 Å². The number of nitrogens with one attached hydrogen (secondary N) is 2. The van der Waals surface area contributed by atoms with Gasteiger partial charge in [-0.05, 0) is 86.1 Å². The average Bonchev–Trinajstić information content (AvgIpc) is 2.90. The maximum absolute atomic E-state index is 12.6. The lowest BCUT2D eigenvalue weighted by atomic mass is 10.2. The van der Waals surface area contributed by atoms with E-state index in [4.69, 9.17) is 25.8 Å². The number of hydrazone groups is 1. The van der Waals surface area contributed by atoms with Crippen LogP contribution in [0.4, 0.5) is 0 Å². The zero-order valence-corrected chi connectivity index (χ0v) is 21.1. The number of hydrogen-bond acceptors (Lipinski definition) is 7. The molecule has 9 nitrogen and oxygen atoms in total. The molecule has 3 aromatic carbocycles. The smallest absolute Gasteiger partial charge is 0.343 e. The zero-order chi connectivity index (χ0) is 26.6. The average molecular weight is 524 g/mol. The summed E-state index contributed by atoms with van der Waals surface area (Å²) in [7, 11) is 0. The first kappa shape index (κ1) is 27.2. The third-order valence-electron chi connectivity index (χ3n) is 4.79. The number of benzene rings is 3. The van der Waals surface area contributed by atoms with Crippen molar-refractivity contribution in [2.24, 2.45) is 5.10 Å². The van der Waals surface area contributed by atoms with Crippen molar-refractivity contribution in [1.82, 2.24) is 10.7 Å². The molecule has 2 amide bonds. The summed E-state index contributed by atoms with van der Waals surface area (Å²) in [5, 5.41) is 6.91. The fraction of sp³-hybridized carbons (Fsp3) is 0.185. The molecule has 0 spiro atoms. The van der Waals surface area contributed by atoms with E-state index < -0.39 is 17.8 Å². The lowest BCUT2D eigenvalue weighted by Crippen LogP contribution is -2.34. The maximum atomic E-state index is 12.6. The number of amides is 2. The molecule has 0 heterocycles. The molecule has 0 aliphatic rings. The number of rotatable bonds is 11. The van der Waals surface area contributed by atoms with Crippen LogP contribution in [0.5, 0.6) is 17.2 Å². The second-order valence-electron chi connectivity index (χ2n) is 7.47. The summed E-state index contributed by atoms with van der Waals surface area (Å²) in [5.74, 6) is -0.219. The lowest BCUT2D eigenvalue weighted by molar-refractivity contribution is -0.120. The second-order valence-corrected chi connectivity index (χ2v) is 7.91. The monoisotopic (exact) mass is 523 g/mol. The summed E-state index contributed by atoms with van der Waals surface area (Å²) in [6, 6.07) is 17.8. The predicted molar refractivity (Wildman–Crippen MR) is 140 cm³/mol. The van der Waals surface area contributed by atoms with Crippen molar-refractivity contribution in [2.75, 3.05) is 19.8 Å². The van der Waals surface area contributed by atoms with E-state index in [-0.39, 0.29) is 12.3 Å². The number of nitrogens with zero attached hydrogens (tertiary/aromatic N) is 1. The van der Waals surface area contributed by atoms with Crippen LogP contribution in [0.25, 0.3) is 0 Å². The summed E-state index contributed by atoms with van der Waals surface area (Å²) >= 11 is 5.80. The highest BCUT2D eigenvalue weighted by atomic mass is 35.5. The van der Waals surface area contributed by atoms with Gasteiger partial charge in [0, 0.05) is 10.6 Å². The normalized spacial score (nSPS) is 10.6. The molecule has 0 fully saturated rings. The van der Waals surface area contributed by atoms with Gasteiger partial charge in [-0.25, -0.2) is 10.2 Å². The second kappa shape index (κ2) is 13.6. The van der Waals surface area contributed by atoms with Crippen LogP contribution in [0.1, 0.15) is 40.1 Å².